The van der Waals surface area contributed by atoms with Crippen molar-refractivity contribution in [2.24, 2.45) is 5.92 Å². The summed E-state index contributed by atoms with van der Waals surface area (Å²) in [5.41, 5.74) is 0. The van der Waals surface area contributed by atoms with Crippen molar-refractivity contribution < 1.29 is 14.6 Å². The first-order valence-corrected chi connectivity index (χ1v) is 4.74. The summed E-state index contributed by atoms with van der Waals surface area (Å²) in [7, 11) is 0. The third-order valence-corrected chi connectivity index (χ3v) is 1.90. The van der Waals surface area contributed by atoms with Gasteiger partial charge in [0.05, 0.1) is 12.7 Å². The van der Waals surface area contributed by atoms with Crippen LogP contribution in [0.4, 0.5) is 0 Å². The van der Waals surface area contributed by atoms with E-state index in [1.165, 1.54) is 6.08 Å². The minimum atomic E-state index is -0.618. The van der Waals surface area contributed by atoms with Gasteiger partial charge in [0.15, 0.2) is 0 Å². The fourth-order valence-electron chi connectivity index (χ4n) is 0.689. The predicted molar refractivity (Wildman–Crippen MR) is 51.7 cm³/mol. The number of carbonyl (C=O) groups is 1. The van der Waals surface area contributed by atoms with Crippen LogP contribution in [0, 0.1) is 5.92 Å². The van der Waals surface area contributed by atoms with Crippen LogP contribution in [0.5, 0.6) is 0 Å². The summed E-state index contributed by atoms with van der Waals surface area (Å²) in [6.07, 6.45) is 2.28. The number of aliphatic hydroxyl groups excluding tert-OH is 1. The van der Waals surface area contributed by atoms with Gasteiger partial charge in [0.1, 0.15) is 0 Å². The second-order valence-corrected chi connectivity index (χ2v) is 3.00. The lowest BCUT2D eigenvalue weighted by molar-refractivity contribution is -0.137. The highest BCUT2D eigenvalue weighted by Gasteiger charge is 2.09. The second-order valence-electron chi connectivity index (χ2n) is 2.69. The first-order valence-electron chi connectivity index (χ1n) is 4.20. The lowest BCUT2D eigenvalue weighted by Crippen LogP contribution is -2.17. The molecule has 13 heavy (non-hydrogen) atoms. The quantitative estimate of drug-likeness (QED) is 0.420. The van der Waals surface area contributed by atoms with Crippen molar-refractivity contribution in [1.82, 2.24) is 0 Å². The zero-order valence-corrected chi connectivity index (χ0v) is 8.62. The highest BCUT2D eigenvalue weighted by molar-refractivity contribution is 6.18. The molecule has 0 bridgehead atoms. The Labute approximate surface area is 83.3 Å². The molecule has 0 amide bonds. The monoisotopic (exact) mass is 206 g/mol. The molecule has 0 fully saturated rings. The molecule has 0 radical (unpaired) electrons. The molecule has 0 aromatic heterocycles. The van der Waals surface area contributed by atoms with Crippen molar-refractivity contribution in [1.29, 1.82) is 0 Å². The second kappa shape index (κ2) is 6.92. The Balaban J connectivity index is 3.88. The van der Waals surface area contributed by atoms with E-state index < -0.39 is 12.1 Å². The number of halogens is 1. The van der Waals surface area contributed by atoms with Crippen molar-refractivity contribution in [3.8, 4) is 0 Å². The van der Waals surface area contributed by atoms with Gasteiger partial charge in [0.25, 0.3) is 0 Å². The average molecular weight is 207 g/mol. The summed E-state index contributed by atoms with van der Waals surface area (Å²) in [4.78, 5) is 10.8. The molecule has 0 aromatic rings. The highest BCUT2D eigenvalue weighted by atomic mass is 35.5. The Kier molecular flexibility index (Phi) is 6.63. The molecule has 1 N–H and O–H groups in total. The third-order valence-electron chi connectivity index (χ3n) is 1.59. The minimum absolute atomic E-state index is 0.137. The standard InChI is InChI=1S/C9H15ClO3/c1-3-13-9(12)5-4-7(2)8(11)6-10/h4-5,7-8,11H,3,6H2,1-2H3/t7-,8+/m1/s1. The van der Waals surface area contributed by atoms with E-state index in [0.717, 1.165) is 0 Å². The fraction of sp³-hybridized carbons (Fsp3) is 0.667. The first kappa shape index (κ1) is 12.5. The van der Waals surface area contributed by atoms with Crippen LogP contribution in [-0.4, -0.2) is 29.7 Å². The van der Waals surface area contributed by atoms with Crippen LogP contribution in [0.2, 0.25) is 0 Å². The molecule has 0 aromatic carbocycles. The lowest BCUT2D eigenvalue weighted by Gasteiger charge is -2.10. The van der Waals surface area contributed by atoms with Gasteiger partial charge in [0.2, 0.25) is 0 Å². The zero-order valence-electron chi connectivity index (χ0n) is 7.87. The topological polar surface area (TPSA) is 46.5 Å². The fourth-order valence-corrected chi connectivity index (χ4v) is 0.971. The number of esters is 1. The molecule has 0 aliphatic rings. The van der Waals surface area contributed by atoms with Gasteiger partial charge >= 0.3 is 5.97 Å². The van der Waals surface area contributed by atoms with Crippen molar-refractivity contribution in [3.63, 3.8) is 0 Å². The third kappa shape index (κ3) is 5.66. The van der Waals surface area contributed by atoms with Gasteiger partial charge in [-0.3, -0.25) is 0 Å². The van der Waals surface area contributed by atoms with Crippen LogP contribution in [0.15, 0.2) is 12.2 Å². The number of carbonyl (C=O) groups excluding carboxylic acids is 1. The van der Waals surface area contributed by atoms with Crippen LogP contribution >= 0.6 is 11.6 Å². The van der Waals surface area contributed by atoms with Crippen LogP contribution in [-0.2, 0) is 9.53 Å². The van der Waals surface area contributed by atoms with Gasteiger partial charge in [-0.2, -0.15) is 0 Å². The summed E-state index contributed by atoms with van der Waals surface area (Å²) in [6.45, 7) is 3.88. The van der Waals surface area contributed by atoms with Crippen molar-refractivity contribution in [2.45, 2.75) is 20.0 Å². The van der Waals surface area contributed by atoms with Crippen LogP contribution in [0.1, 0.15) is 13.8 Å². The average Bonchev–Trinajstić information content (AvgIpc) is 2.13. The lowest BCUT2D eigenvalue weighted by atomic mass is 10.1. The van der Waals surface area contributed by atoms with E-state index >= 15 is 0 Å². The van der Waals surface area contributed by atoms with E-state index in [4.69, 9.17) is 11.6 Å². The van der Waals surface area contributed by atoms with Crippen molar-refractivity contribution in [3.05, 3.63) is 12.2 Å². The first-order chi connectivity index (χ1) is 6.11. The molecule has 0 spiro atoms. The van der Waals surface area contributed by atoms with Crippen molar-refractivity contribution in [2.75, 3.05) is 12.5 Å². The summed E-state index contributed by atoms with van der Waals surface area (Å²) >= 11 is 5.42. The van der Waals surface area contributed by atoms with Gasteiger partial charge in [0, 0.05) is 17.9 Å². The largest absolute Gasteiger partial charge is 0.463 e. The summed E-state index contributed by atoms with van der Waals surface area (Å²) < 4.78 is 4.67. The number of ether oxygens (including phenoxy) is 1. The number of hydrogen-bond acceptors (Lipinski definition) is 3. The Morgan fingerprint density at radius 3 is 2.77 bits per heavy atom. The number of aliphatic hydroxyl groups is 1. The van der Waals surface area contributed by atoms with Gasteiger partial charge in [-0.1, -0.05) is 13.0 Å². The Morgan fingerprint density at radius 2 is 2.31 bits per heavy atom. The Bertz CT molecular complexity index is 180. The predicted octanol–water partition coefficient (Wildman–Crippen LogP) is 1.34. The molecule has 0 rings (SSSR count). The SMILES string of the molecule is CCOC(=O)C=C[C@@H](C)[C@@H](O)CCl. The van der Waals surface area contributed by atoms with E-state index in [2.05, 4.69) is 4.74 Å². The van der Waals surface area contributed by atoms with Crippen LogP contribution < -0.4 is 0 Å². The van der Waals surface area contributed by atoms with Gasteiger partial charge in [-0.15, -0.1) is 11.6 Å². The summed E-state index contributed by atoms with van der Waals surface area (Å²) in [6, 6.07) is 0. The highest BCUT2D eigenvalue weighted by Crippen LogP contribution is 2.06. The molecule has 0 saturated heterocycles. The maximum atomic E-state index is 10.8. The number of alkyl halides is 1. The Hall–Kier alpha value is -0.540. The van der Waals surface area contributed by atoms with E-state index in [9.17, 15) is 9.90 Å². The molecule has 4 heteroatoms. The smallest absolute Gasteiger partial charge is 0.330 e. The summed E-state index contributed by atoms with van der Waals surface area (Å²) in [5.74, 6) is -0.369. The van der Waals surface area contributed by atoms with Gasteiger partial charge in [-0.25, -0.2) is 4.79 Å². The molecule has 0 saturated carbocycles. The van der Waals surface area contributed by atoms with Gasteiger partial charge < -0.3 is 9.84 Å². The van der Waals surface area contributed by atoms with E-state index in [-0.39, 0.29) is 11.8 Å². The number of rotatable bonds is 5. The molecule has 0 aliphatic heterocycles. The maximum Gasteiger partial charge on any atom is 0.330 e. The normalized spacial score (nSPS) is 15.7. The minimum Gasteiger partial charge on any atom is -0.463 e. The molecule has 76 valence electrons. The number of hydrogen-bond donors (Lipinski definition) is 1. The zero-order chi connectivity index (χ0) is 10.3. The molecular formula is C9H15ClO3. The van der Waals surface area contributed by atoms with E-state index in [1.54, 1.807) is 19.9 Å². The molecule has 0 aliphatic carbocycles. The molecular weight excluding hydrogens is 192 g/mol. The van der Waals surface area contributed by atoms with Gasteiger partial charge in [-0.05, 0) is 6.92 Å². The maximum absolute atomic E-state index is 10.8. The van der Waals surface area contributed by atoms with Crippen molar-refractivity contribution >= 4 is 17.6 Å². The van der Waals surface area contributed by atoms with Crippen LogP contribution in [0.25, 0.3) is 0 Å². The molecule has 2 atom stereocenters. The van der Waals surface area contributed by atoms with E-state index in [1.807, 2.05) is 0 Å². The molecule has 0 heterocycles. The molecule has 0 unspecified atom stereocenters. The van der Waals surface area contributed by atoms with E-state index in [0.29, 0.717) is 6.61 Å². The van der Waals surface area contributed by atoms with Crippen LogP contribution in [0.3, 0.4) is 0 Å². The Morgan fingerprint density at radius 1 is 1.69 bits per heavy atom. The molecule has 3 nitrogen and oxygen atoms in total. The summed E-state index contributed by atoms with van der Waals surface area (Å²) in [5, 5.41) is 9.23.